The fourth-order valence-corrected chi connectivity index (χ4v) is 3.33. The Balaban J connectivity index is 1.90. The Kier molecular flexibility index (Phi) is 4.89. The normalized spacial score (nSPS) is 10.7. The number of thioether (sulfide) groups is 1. The highest BCUT2D eigenvalue weighted by Crippen LogP contribution is 2.25. The number of aryl methyl sites for hydroxylation is 1. The number of rotatable bonds is 5. The lowest BCUT2D eigenvalue weighted by molar-refractivity contribution is 0.887. The van der Waals surface area contributed by atoms with Crippen molar-refractivity contribution in [3.63, 3.8) is 0 Å². The topological polar surface area (TPSA) is 12.9 Å². The molecule has 0 saturated carbocycles. The number of hydrogen-bond acceptors (Lipinski definition) is 3. The highest BCUT2D eigenvalue weighted by atomic mass is 35.5. The predicted molar refractivity (Wildman–Crippen MR) is 77.1 cm³/mol. The van der Waals surface area contributed by atoms with Crippen molar-refractivity contribution < 1.29 is 0 Å². The third-order valence-electron chi connectivity index (χ3n) is 2.28. The molecule has 0 aliphatic heterocycles. The van der Waals surface area contributed by atoms with Gasteiger partial charge >= 0.3 is 0 Å². The second kappa shape index (κ2) is 6.43. The maximum absolute atomic E-state index is 5.85. The van der Waals surface area contributed by atoms with Gasteiger partial charge in [-0.2, -0.15) is 0 Å². The first-order valence-corrected chi connectivity index (χ1v) is 7.84. The van der Waals surface area contributed by atoms with E-state index in [9.17, 15) is 0 Å². The molecule has 2 rings (SSSR count). The quantitative estimate of drug-likeness (QED) is 0.713. The Hall–Kier alpha value is -0.510. The minimum atomic E-state index is 0.786. The highest BCUT2D eigenvalue weighted by molar-refractivity contribution is 7.98. The van der Waals surface area contributed by atoms with Crippen molar-refractivity contribution in [1.29, 1.82) is 0 Å². The third-order valence-corrected chi connectivity index (χ3v) is 4.64. The largest absolute Gasteiger partial charge is 0.245 e. The van der Waals surface area contributed by atoms with Crippen LogP contribution in [0.5, 0.6) is 0 Å². The maximum atomic E-state index is 5.85. The van der Waals surface area contributed by atoms with Crippen LogP contribution in [0, 0.1) is 0 Å². The van der Waals surface area contributed by atoms with Gasteiger partial charge in [-0.05, 0) is 30.7 Å². The molecule has 0 unspecified atom stereocenters. The summed E-state index contributed by atoms with van der Waals surface area (Å²) < 4.78 is 0. The van der Waals surface area contributed by atoms with E-state index in [0.29, 0.717) is 0 Å². The summed E-state index contributed by atoms with van der Waals surface area (Å²) >= 11 is 9.40. The lowest BCUT2D eigenvalue weighted by atomic mass is 10.3. The summed E-state index contributed by atoms with van der Waals surface area (Å²) in [5.74, 6) is 0.940. The Morgan fingerprint density at radius 3 is 2.76 bits per heavy atom. The van der Waals surface area contributed by atoms with Gasteiger partial charge in [0, 0.05) is 15.3 Å². The van der Waals surface area contributed by atoms with Gasteiger partial charge in [0.1, 0.15) is 5.01 Å². The van der Waals surface area contributed by atoms with E-state index in [2.05, 4.69) is 17.3 Å². The van der Waals surface area contributed by atoms with Gasteiger partial charge in [0.15, 0.2) is 0 Å². The molecule has 0 saturated heterocycles. The van der Waals surface area contributed by atoms with Crippen LogP contribution < -0.4 is 0 Å². The van der Waals surface area contributed by atoms with Crippen molar-refractivity contribution in [2.24, 2.45) is 0 Å². The third kappa shape index (κ3) is 4.02. The van der Waals surface area contributed by atoms with Crippen LogP contribution in [0.2, 0.25) is 5.02 Å². The summed E-state index contributed by atoms with van der Waals surface area (Å²) in [6.07, 6.45) is 2.25. The molecule has 0 aliphatic rings. The van der Waals surface area contributed by atoms with E-state index in [1.165, 1.54) is 15.6 Å². The zero-order chi connectivity index (χ0) is 12.1. The highest BCUT2D eigenvalue weighted by Gasteiger charge is 2.02. The number of halogens is 1. The van der Waals surface area contributed by atoms with E-state index < -0.39 is 0 Å². The minimum absolute atomic E-state index is 0.786. The second-order valence-electron chi connectivity index (χ2n) is 3.73. The molecule has 1 heterocycles. The van der Waals surface area contributed by atoms with Gasteiger partial charge in [0.25, 0.3) is 0 Å². The second-order valence-corrected chi connectivity index (χ2v) is 6.15. The molecule has 4 heteroatoms. The summed E-state index contributed by atoms with van der Waals surface area (Å²) in [6, 6.07) is 7.95. The smallest absolute Gasteiger partial charge is 0.103 e. The van der Waals surface area contributed by atoms with E-state index in [-0.39, 0.29) is 0 Å². The van der Waals surface area contributed by atoms with E-state index in [4.69, 9.17) is 11.6 Å². The van der Waals surface area contributed by atoms with Crippen LogP contribution in [0.4, 0.5) is 0 Å². The van der Waals surface area contributed by atoms with Crippen LogP contribution >= 0.6 is 34.7 Å². The van der Waals surface area contributed by atoms with Crippen LogP contribution in [-0.4, -0.2) is 4.98 Å². The first kappa shape index (κ1) is 12.9. The van der Waals surface area contributed by atoms with Crippen molar-refractivity contribution in [3.8, 4) is 0 Å². The predicted octanol–water partition coefficient (Wildman–Crippen LogP) is 5.04. The zero-order valence-corrected chi connectivity index (χ0v) is 12.0. The minimum Gasteiger partial charge on any atom is -0.245 e. The average Bonchev–Trinajstić information content (AvgIpc) is 2.77. The zero-order valence-electron chi connectivity index (χ0n) is 9.65. The van der Waals surface area contributed by atoms with Crippen molar-refractivity contribution >= 4 is 34.7 Å². The van der Waals surface area contributed by atoms with Gasteiger partial charge in [-0.3, -0.25) is 0 Å². The molecule has 0 bridgehead atoms. The molecule has 1 aromatic carbocycles. The average molecular weight is 284 g/mol. The molecule has 0 N–H and O–H groups in total. The lowest BCUT2D eigenvalue weighted by Gasteiger charge is -1.99. The Labute approximate surface area is 115 Å². The number of benzene rings is 1. The van der Waals surface area contributed by atoms with E-state index in [1.54, 1.807) is 23.1 Å². The number of hydrogen-bond donors (Lipinski definition) is 0. The van der Waals surface area contributed by atoms with Gasteiger partial charge in [-0.1, -0.05) is 24.9 Å². The van der Waals surface area contributed by atoms with E-state index >= 15 is 0 Å². The molecule has 0 aliphatic carbocycles. The van der Waals surface area contributed by atoms with Gasteiger partial charge < -0.3 is 0 Å². The lowest BCUT2D eigenvalue weighted by Crippen LogP contribution is -1.84. The van der Waals surface area contributed by atoms with Crippen LogP contribution in [0.1, 0.15) is 24.0 Å². The first-order chi connectivity index (χ1) is 8.28. The molecule has 17 heavy (non-hydrogen) atoms. The molecule has 0 fully saturated rings. The van der Waals surface area contributed by atoms with E-state index in [0.717, 1.165) is 23.6 Å². The molecular weight excluding hydrogens is 270 g/mol. The first-order valence-electron chi connectivity index (χ1n) is 5.59. The SMILES string of the molecule is CCCc1csc(CSc2ccc(Cl)cc2)n1. The van der Waals surface area contributed by atoms with Crippen molar-refractivity contribution in [1.82, 2.24) is 4.98 Å². The maximum Gasteiger partial charge on any atom is 0.103 e. The Bertz CT molecular complexity index is 465. The summed E-state index contributed by atoms with van der Waals surface area (Å²) in [5.41, 5.74) is 1.23. The van der Waals surface area contributed by atoms with Gasteiger partial charge in [0.05, 0.1) is 11.4 Å². The summed E-state index contributed by atoms with van der Waals surface area (Å²) in [5, 5.41) is 4.16. The van der Waals surface area contributed by atoms with Crippen molar-refractivity contribution in [2.75, 3.05) is 0 Å². The molecule has 0 spiro atoms. The van der Waals surface area contributed by atoms with E-state index in [1.807, 2.05) is 24.3 Å². The van der Waals surface area contributed by atoms with Gasteiger partial charge in [-0.15, -0.1) is 23.1 Å². The monoisotopic (exact) mass is 283 g/mol. The van der Waals surface area contributed by atoms with Gasteiger partial charge in [0.2, 0.25) is 0 Å². The van der Waals surface area contributed by atoms with Crippen LogP contribution in [0.25, 0.3) is 0 Å². The molecular formula is C13H14ClNS2. The van der Waals surface area contributed by atoms with Crippen LogP contribution in [-0.2, 0) is 12.2 Å². The molecule has 0 radical (unpaired) electrons. The molecule has 1 aromatic heterocycles. The molecule has 90 valence electrons. The number of thiazole rings is 1. The van der Waals surface area contributed by atoms with Crippen molar-refractivity contribution in [3.05, 3.63) is 45.4 Å². The molecule has 0 atom stereocenters. The van der Waals surface area contributed by atoms with Gasteiger partial charge in [-0.25, -0.2) is 4.98 Å². The fraction of sp³-hybridized carbons (Fsp3) is 0.308. The number of aromatic nitrogens is 1. The fourth-order valence-electron chi connectivity index (χ4n) is 1.46. The summed E-state index contributed by atoms with van der Waals surface area (Å²) in [4.78, 5) is 5.84. The molecule has 2 aromatic rings. The van der Waals surface area contributed by atoms with Crippen molar-refractivity contribution in [2.45, 2.75) is 30.4 Å². The Morgan fingerprint density at radius 2 is 2.06 bits per heavy atom. The number of nitrogens with zero attached hydrogens (tertiary/aromatic N) is 1. The summed E-state index contributed by atoms with van der Waals surface area (Å²) in [6.45, 7) is 2.18. The standard InChI is InChI=1S/C13H14ClNS2/c1-2-3-11-8-17-13(15-11)9-16-12-6-4-10(14)5-7-12/h4-8H,2-3,9H2,1H3. The Morgan fingerprint density at radius 1 is 1.29 bits per heavy atom. The molecule has 0 amide bonds. The molecule has 1 nitrogen and oxygen atoms in total. The van der Waals surface area contributed by atoms with Crippen LogP contribution in [0.15, 0.2) is 34.5 Å². The van der Waals surface area contributed by atoms with Crippen LogP contribution in [0.3, 0.4) is 0 Å². The summed E-state index contributed by atoms with van der Waals surface area (Å²) in [7, 11) is 0.